The lowest BCUT2D eigenvalue weighted by Gasteiger charge is -2.38. The molecule has 2 aromatic carbocycles. The standard InChI is InChI=1S/C37H52FNO4/c1-20(2)25-13-12-21(3)17-31(25)42-36(40)35(43-37(7,8)9)33-23(5)26-14-15-39-19-29(26)24(6)32(33)28-18-30(38)34-27(22(28)4)11-10-16-41-34/h18,20-21,25,31,35,39H,10-17,19H2,1-9H3/t21-,25+,31?,35+/m1/s1. The average Bonchev–Trinajstić information content (AvgIpc) is 2.95. The number of nitrogens with one attached hydrogen (secondary N) is 1. The van der Waals surface area contributed by atoms with Crippen molar-refractivity contribution >= 4 is 5.97 Å². The lowest BCUT2D eigenvalue weighted by Crippen LogP contribution is -2.39. The number of benzene rings is 2. The highest BCUT2D eigenvalue weighted by molar-refractivity contribution is 5.86. The zero-order chi connectivity index (χ0) is 31.2. The second kappa shape index (κ2) is 12.5. The highest BCUT2D eigenvalue weighted by Crippen LogP contribution is 2.46. The fourth-order valence-electron chi connectivity index (χ4n) is 7.79. The zero-order valence-electron chi connectivity index (χ0n) is 27.8. The molecule has 4 atom stereocenters. The Hall–Kier alpha value is -2.44. The summed E-state index contributed by atoms with van der Waals surface area (Å²) in [5.41, 5.74) is 8.47. The number of fused-ring (bicyclic) bond motifs is 2. The molecule has 2 heterocycles. The van der Waals surface area contributed by atoms with Gasteiger partial charge in [0.15, 0.2) is 17.7 Å². The Morgan fingerprint density at radius 2 is 1.79 bits per heavy atom. The molecule has 2 aliphatic heterocycles. The smallest absolute Gasteiger partial charge is 0.340 e. The summed E-state index contributed by atoms with van der Waals surface area (Å²) in [4.78, 5) is 14.5. The monoisotopic (exact) mass is 593 g/mol. The van der Waals surface area contributed by atoms with Crippen LogP contribution in [0.15, 0.2) is 6.07 Å². The number of carbonyl (C=O) groups excluding carboxylic acids is 1. The maximum atomic E-state index is 15.7. The second-order valence-corrected chi connectivity index (χ2v) is 14.6. The first-order valence-electron chi connectivity index (χ1n) is 16.5. The van der Waals surface area contributed by atoms with Crippen molar-refractivity contribution in [1.82, 2.24) is 5.32 Å². The Morgan fingerprint density at radius 1 is 1.05 bits per heavy atom. The zero-order valence-corrected chi connectivity index (χ0v) is 27.8. The van der Waals surface area contributed by atoms with Gasteiger partial charge in [0.25, 0.3) is 0 Å². The van der Waals surface area contributed by atoms with E-state index in [4.69, 9.17) is 14.2 Å². The van der Waals surface area contributed by atoms with Gasteiger partial charge in [0.1, 0.15) is 6.10 Å². The van der Waals surface area contributed by atoms with Crippen LogP contribution in [-0.4, -0.2) is 30.8 Å². The van der Waals surface area contributed by atoms with Crippen molar-refractivity contribution in [2.45, 2.75) is 125 Å². The van der Waals surface area contributed by atoms with E-state index in [1.54, 1.807) is 6.07 Å². The highest BCUT2D eigenvalue weighted by Gasteiger charge is 2.40. The molecule has 1 unspecified atom stereocenters. The van der Waals surface area contributed by atoms with E-state index in [-0.39, 0.29) is 17.9 Å². The van der Waals surface area contributed by atoms with E-state index in [0.717, 1.165) is 90.6 Å². The number of carbonyl (C=O) groups is 1. The first kappa shape index (κ1) is 32.0. The van der Waals surface area contributed by atoms with Gasteiger partial charge in [-0.3, -0.25) is 0 Å². The molecule has 0 amide bonds. The molecule has 0 saturated heterocycles. The van der Waals surface area contributed by atoms with Crippen LogP contribution in [0.3, 0.4) is 0 Å². The number of esters is 1. The van der Waals surface area contributed by atoms with Crippen LogP contribution in [0.4, 0.5) is 4.39 Å². The predicted octanol–water partition coefficient (Wildman–Crippen LogP) is 8.25. The van der Waals surface area contributed by atoms with Crippen molar-refractivity contribution in [2.75, 3.05) is 13.2 Å². The van der Waals surface area contributed by atoms with Crippen LogP contribution in [0.5, 0.6) is 5.75 Å². The van der Waals surface area contributed by atoms with E-state index < -0.39 is 11.7 Å². The van der Waals surface area contributed by atoms with Gasteiger partial charge in [0.05, 0.1) is 12.2 Å². The topological polar surface area (TPSA) is 56.8 Å². The minimum atomic E-state index is -0.936. The number of rotatable bonds is 6. The summed E-state index contributed by atoms with van der Waals surface area (Å²) in [6.07, 6.45) is 4.50. The summed E-state index contributed by atoms with van der Waals surface area (Å²) >= 11 is 0. The van der Waals surface area contributed by atoms with Crippen molar-refractivity contribution in [1.29, 1.82) is 0 Å². The van der Waals surface area contributed by atoms with Crippen molar-refractivity contribution in [3.05, 3.63) is 50.8 Å². The third kappa shape index (κ3) is 6.38. The van der Waals surface area contributed by atoms with Crippen LogP contribution < -0.4 is 10.1 Å². The second-order valence-electron chi connectivity index (χ2n) is 14.6. The summed E-state index contributed by atoms with van der Waals surface area (Å²) < 4.78 is 34.7. The molecule has 1 saturated carbocycles. The minimum absolute atomic E-state index is 0.144. The molecule has 236 valence electrons. The SMILES string of the molecule is Cc1c(-c2c(C)c3c(c(C)c2[C@H](OC(C)(C)C)C(=O)OC2C[C@H](C)CC[C@H]2C(C)C)CCNC3)cc(F)c2c1CCCO2. The van der Waals surface area contributed by atoms with E-state index in [0.29, 0.717) is 30.1 Å². The van der Waals surface area contributed by atoms with E-state index in [1.165, 1.54) is 11.1 Å². The van der Waals surface area contributed by atoms with E-state index in [9.17, 15) is 4.79 Å². The largest absolute Gasteiger partial charge is 0.490 e. The van der Waals surface area contributed by atoms with Gasteiger partial charge in [0, 0.05) is 17.7 Å². The molecule has 1 N–H and O–H groups in total. The van der Waals surface area contributed by atoms with Crippen LogP contribution in [0.2, 0.25) is 0 Å². The Balaban J connectivity index is 1.72. The van der Waals surface area contributed by atoms with Gasteiger partial charge in [0.2, 0.25) is 0 Å². The molecule has 0 bridgehead atoms. The molecule has 1 aliphatic carbocycles. The third-order valence-corrected chi connectivity index (χ3v) is 10.1. The average molecular weight is 594 g/mol. The van der Waals surface area contributed by atoms with Gasteiger partial charge in [-0.15, -0.1) is 0 Å². The highest BCUT2D eigenvalue weighted by atomic mass is 19.1. The maximum Gasteiger partial charge on any atom is 0.340 e. The fourth-order valence-corrected chi connectivity index (χ4v) is 7.79. The normalized spacial score (nSPS) is 22.9. The molecule has 0 spiro atoms. The van der Waals surface area contributed by atoms with Crippen molar-refractivity contribution in [3.8, 4) is 16.9 Å². The van der Waals surface area contributed by atoms with Crippen molar-refractivity contribution in [3.63, 3.8) is 0 Å². The number of hydrogen-bond acceptors (Lipinski definition) is 5. The Morgan fingerprint density at radius 3 is 2.49 bits per heavy atom. The van der Waals surface area contributed by atoms with E-state index in [1.807, 2.05) is 20.8 Å². The predicted molar refractivity (Wildman–Crippen MR) is 170 cm³/mol. The molecular formula is C37H52FNO4. The molecule has 3 aliphatic rings. The molecule has 6 heteroatoms. The molecule has 1 fully saturated rings. The number of hydrogen-bond donors (Lipinski definition) is 1. The van der Waals surface area contributed by atoms with E-state index in [2.05, 4.69) is 46.9 Å². The van der Waals surface area contributed by atoms with Gasteiger partial charge in [-0.1, -0.05) is 27.2 Å². The van der Waals surface area contributed by atoms with Crippen LogP contribution >= 0.6 is 0 Å². The first-order valence-corrected chi connectivity index (χ1v) is 16.5. The molecule has 0 radical (unpaired) electrons. The fraction of sp³-hybridized carbons (Fsp3) is 0.649. The summed E-state index contributed by atoms with van der Waals surface area (Å²) in [7, 11) is 0. The number of ether oxygens (including phenoxy) is 3. The van der Waals surface area contributed by atoms with Crippen molar-refractivity contribution < 1.29 is 23.4 Å². The summed E-state index contributed by atoms with van der Waals surface area (Å²) in [6, 6.07) is 1.62. The third-order valence-electron chi connectivity index (χ3n) is 10.1. The first-order chi connectivity index (χ1) is 20.3. The lowest BCUT2D eigenvalue weighted by molar-refractivity contribution is -0.178. The Bertz CT molecular complexity index is 1370. The molecule has 2 aromatic rings. The minimum Gasteiger partial charge on any atom is -0.490 e. The van der Waals surface area contributed by atoms with Crippen molar-refractivity contribution in [2.24, 2.45) is 17.8 Å². The summed E-state index contributed by atoms with van der Waals surface area (Å²) in [5.74, 6) is 0.943. The summed E-state index contributed by atoms with van der Waals surface area (Å²) in [5, 5.41) is 3.53. The quantitative estimate of drug-likeness (QED) is 0.342. The molecule has 5 nitrogen and oxygen atoms in total. The van der Waals surface area contributed by atoms with Gasteiger partial charge in [-0.2, -0.15) is 0 Å². The Labute approximate surface area is 258 Å². The molecular weight excluding hydrogens is 541 g/mol. The molecule has 5 rings (SSSR count). The van der Waals surface area contributed by atoms with Gasteiger partial charge in [-0.25, -0.2) is 9.18 Å². The number of halogens is 1. The Kier molecular flexibility index (Phi) is 9.30. The van der Waals surface area contributed by atoms with Gasteiger partial charge in [-0.05, 0) is 143 Å². The molecule has 43 heavy (non-hydrogen) atoms. The van der Waals surface area contributed by atoms with Crippen LogP contribution in [0.1, 0.15) is 112 Å². The van der Waals surface area contributed by atoms with E-state index >= 15 is 4.39 Å². The molecule has 0 aromatic heterocycles. The van der Waals surface area contributed by atoms with Crippen LogP contribution in [-0.2, 0) is 33.7 Å². The van der Waals surface area contributed by atoms with Crippen LogP contribution in [0, 0.1) is 44.3 Å². The van der Waals surface area contributed by atoms with Crippen LogP contribution in [0.25, 0.3) is 11.1 Å². The maximum absolute atomic E-state index is 15.7. The van der Waals surface area contributed by atoms with Gasteiger partial charge < -0.3 is 19.5 Å². The summed E-state index contributed by atoms with van der Waals surface area (Å²) in [6.45, 7) is 21.1. The van der Waals surface area contributed by atoms with Gasteiger partial charge >= 0.3 is 5.97 Å². The lowest BCUT2D eigenvalue weighted by atomic mass is 9.75.